The van der Waals surface area contributed by atoms with Crippen LogP contribution in [0.2, 0.25) is 0 Å². The van der Waals surface area contributed by atoms with E-state index in [0.29, 0.717) is 0 Å². The highest BCUT2D eigenvalue weighted by atomic mass is 15.1. The van der Waals surface area contributed by atoms with Crippen molar-refractivity contribution in [2.75, 3.05) is 39.1 Å². The zero-order valence-electron chi connectivity index (χ0n) is 11.1. The van der Waals surface area contributed by atoms with Crippen LogP contribution in [0.4, 0.5) is 5.82 Å². The molecule has 1 aromatic rings. The lowest BCUT2D eigenvalue weighted by atomic mass is 9.93. The van der Waals surface area contributed by atoms with Crippen LogP contribution in [0.3, 0.4) is 0 Å². The standard InChI is InChI=1S/C13H22N4/c1-16(2)13-8-12(14-10-15-13)7-11-5-4-6-17(3)9-11/h8,10-11H,4-7,9H2,1-3H3/t11-/m0/s1. The van der Waals surface area contributed by atoms with Crippen molar-refractivity contribution in [3.63, 3.8) is 0 Å². The lowest BCUT2D eigenvalue weighted by Gasteiger charge is -2.29. The van der Waals surface area contributed by atoms with Crippen molar-refractivity contribution in [1.29, 1.82) is 0 Å². The first-order chi connectivity index (χ1) is 8.15. The first kappa shape index (κ1) is 12.3. The molecular weight excluding hydrogens is 212 g/mol. The number of aromatic nitrogens is 2. The molecule has 0 aliphatic carbocycles. The summed E-state index contributed by atoms with van der Waals surface area (Å²) in [7, 11) is 6.23. The fourth-order valence-electron chi connectivity index (χ4n) is 2.48. The molecule has 1 aliphatic rings. The van der Waals surface area contributed by atoms with Crippen LogP contribution in [0.15, 0.2) is 12.4 Å². The van der Waals surface area contributed by atoms with Crippen molar-refractivity contribution in [1.82, 2.24) is 14.9 Å². The number of hydrogen-bond donors (Lipinski definition) is 0. The van der Waals surface area contributed by atoms with E-state index in [-0.39, 0.29) is 0 Å². The van der Waals surface area contributed by atoms with Gasteiger partial charge in [0, 0.05) is 32.4 Å². The normalized spacial score (nSPS) is 21.5. The maximum absolute atomic E-state index is 4.38. The highest BCUT2D eigenvalue weighted by Gasteiger charge is 2.18. The predicted octanol–water partition coefficient (Wildman–Crippen LogP) is 1.43. The van der Waals surface area contributed by atoms with E-state index in [2.05, 4.69) is 28.0 Å². The number of rotatable bonds is 3. The lowest BCUT2D eigenvalue weighted by molar-refractivity contribution is 0.208. The van der Waals surface area contributed by atoms with Crippen LogP contribution in [0, 0.1) is 5.92 Å². The maximum Gasteiger partial charge on any atom is 0.131 e. The Kier molecular flexibility index (Phi) is 3.94. The molecule has 1 aliphatic heterocycles. The highest BCUT2D eigenvalue weighted by molar-refractivity contribution is 5.36. The third-order valence-corrected chi connectivity index (χ3v) is 3.39. The Balaban J connectivity index is 2.00. The SMILES string of the molecule is CN1CCC[C@@H](Cc2cc(N(C)C)ncn2)C1. The van der Waals surface area contributed by atoms with Crippen LogP contribution in [-0.2, 0) is 6.42 Å². The third kappa shape index (κ3) is 3.40. The molecule has 1 saturated heterocycles. The molecular formula is C13H22N4. The summed E-state index contributed by atoms with van der Waals surface area (Å²) in [4.78, 5) is 13.1. The molecule has 0 unspecified atom stereocenters. The Hall–Kier alpha value is -1.16. The van der Waals surface area contributed by atoms with Crippen molar-refractivity contribution < 1.29 is 0 Å². The van der Waals surface area contributed by atoms with Crippen LogP contribution >= 0.6 is 0 Å². The summed E-state index contributed by atoms with van der Waals surface area (Å²) in [5, 5.41) is 0. The van der Waals surface area contributed by atoms with E-state index in [9.17, 15) is 0 Å². The summed E-state index contributed by atoms with van der Waals surface area (Å²) < 4.78 is 0. The molecule has 0 saturated carbocycles. The van der Waals surface area contributed by atoms with Crippen LogP contribution < -0.4 is 4.90 Å². The summed E-state index contributed by atoms with van der Waals surface area (Å²) in [6.45, 7) is 2.44. The molecule has 1 atom stereocenters. The number of hydrogen-bond acceptors (Lipinski definition) is 4. The average Bonchev–Trinajstić information content (AvgIpc) is 2.29. The summed E-state index contributed by atoms with van der Waals surface area (Å²) >= 11 is 0. The molecule has 0 aromatic carbocycles. The van der Waals surface area contributed by atoms with Crippen molar-refractivity contribution in [2.24, 2.45) is 5.92 Å². The molecule has 94 valence electrons. The van der Waals surface area contributed by atoms with E-state index in [4.69, 9.17) is 0 Å². The molecule has 2 rings (SSSR count). The molecule has 0 bridgehead atoms. The van der Waals surface area contributed by atoms with Gasteiger partial charge in [-0.15, -0.1) is 0 Å². The van der Waals surface area contributed by atoms with Crippen molar-refractivity contribution >= 4 is 5.82 Å². The van der Waals surface area contributed by atoms with E-state index < -0.39 is 0 Å². The molecule has 0 amide bonds. The minimum Gasteiger partial charge on any atom is -0.363 e. The smallest absolute Gasteiger partial charge is 0.131 e. The van der Waals surface area contributed by atoms with Gasteiger partial charge in [-0.3, -0.25) is 0 Å². The Morgan fingerprint density at radius 2 is 2.24 bits per heavy atom. The number of nitrogens with zero attached hydrogens (tertiary/aromatic N) is 4. The van der Waals surface area contributed by atoms with Crippen molar-refractivity contribution in [3.8, 4) is 0 Å². The molecule has 0 N–H and O–H groups in total. The van der Waals surface area contributed by atoms with E-state index in [1.165, 1.54) is 31.6 Å². The highest BCUT2D eigenvalue weighted by Crippen LogP contribution is 2.20. The fraction of sp³-hybridized carbons (Fsp3) is 0.692. The zero-order valence-corrected chi connectivity index (χ0v) is 11.1. The van der Waals surface area contributed by atoms with E-state index in [1.54, 1.807) is 6.33 Å². The van der Waals surface area contributed by atoms with Gasteiger partial charge in [0.25, 0.3) is 0 Å². The average molecular weight is 234 g/mol. The zero-order chi connectivity index (χ0) is 12.3. The van der Waals surface area contributed by atoms with Gasteiger partial charge >= 0.3 is 0 Å². The fourth-order valence-corrected chi connectivity index (χ4v) is 2.48. The maximum atomic E-state index is 4.38. The minimum absolute atomic E-state index is 0.749. The van der Waals surface area contributed by atoms with E-state index >= 15 is 0 Å². The first-order valence-corrected chi connectivity index (χ1v) is 6.32. The Morgan fingerprint density at radius 1 is 1.41 bits per heavy atom. The van der Waals surface area contributed by atoms with Crippen LogP contribution in [0.25, 0.3) is 0 Å². The summed E-state index contributed by atoms with van der Waals surface area (Å²) in [6, 6.07) is 2.11. The minimum atomic E-state index is 0.749. The molecule has 1 aromatic heterocycles. The lowest BCUT2D eigenvalue weighted by Crippen LogP contribution is -2.33. The second kappa shape index (κ2) is 5.45. The first-order valence-electron chi connectivity index (χ1n) is 6.32. The quantitative estimate of drug-likeness (QED) is 0.792. The number of likely N-dealkylation sites (tertiary alicyclic amines) is 1. The second-order valence-corrected chi connectivity index (χ2v) is 5.24. The molecule has 4 heteroatoms. The van der Waals surface area contributed by atoms with Gasteiger partial charge in [0.15, 0.2) is 0 Å². The molecule has 2 heterocycles. The summed E-state index contributed by atoms with van der Waals surface area (Å²) in [5.41, 5.74) is 1.17. The largest absolute Gasteiger partial charge is 0.363 e. The van der Waals surface area contributed by atoms with Gasteiger partial charge in [-0.2, -0.15) is 0 Å². The van der Waals surface area contributed by atoms with Gasteiger partial charge in [-0.25, -0.2) is 9.97 Å². The molecule has 0 spiro atoms. The van der Waals surface area contributed by atoms with Crippen molar-refractivity contribution in [3.05, 3.63) is 18.1 Å². The molecule has 4 nitrogen and oxygen atoms in total. The molecule has 1 fully saturated rings. The summed E-state index contributed by atoms with van der Waals surface area (Å²) in [6.07, 6.45) is 5.39. The van der Waals surface area contributed by atoms with Gasteiger partial charge in [0.1, 0.15) is 12.1 Å². The molecule has 0 radical (unpaired) electrons. The van der Waals surface area contributed by atoms with Crippen LogP contribution in [0.5, 0.6) is 0 Å². The van der Waals surface area contributed by atoms with E-state index in [1.807, 2.05) is 19.0 Å². The van der Waals surface area contributed by atoms with Gasteiger partial charge in [-0.05, 0) is 38.8 Å². The van der Waals surface area contributed by atoms with Gasteiger partial charge in [0.2, 0.25) is 0 Å². The van der Waals surface area contributed by atoms with Crippen molar-refractivity contribution in [2.45, 2.75) is 19.3 Å². The van der Waals surface area contributed by atoms with Gasteiger partial charge in [-0.1, -0.05) is 0 Å². The predicted molar refractivity (Wildman–Crippen MR) is 70.3 cm³/mol. The summed E-state index contributed by atoms with van der Waals surface area (Å²) in [5.74, 6) is 1.75. The third-order valence-electron chi connectivity index (χ3n) is 3.39. The molecule has 17 heavy (non-hydrogen) atoms. The number of piperidine rings is 1. The Bertz CT molecular complexity index is 364. The van der Waals surface area contributed by atoms with Gasteiger partial charge < -0.3 is 9.80 Å². The van der Waals surface area contributed by atoms with Crippen LogP contribution in [0.1, 0.15) is 18.5 Å². The Morgan fingerprint density at radius 3 is 2.94 bits per heavy atom. The second-order valence-electron chi connectivity index (χ2n) is 5.24. The van der Waals surface area contributed by atoms with Crippen LogP contribution in [-0.4, -0.2) is 49.1 Å². The topological polar surface area (TPSA) is 32.3 Å². The van der Waals surface area contributed by atoms with E-state index in [0.717, 1.165) is 18.2 Å². The number of anilines is 1. The van der Waals surface area contributed by atoms with Gasteiger partial charge in [0.05, 0.1) is 0 Å². The monoisotopic (exact) mass is 234 g/mol. The Labute approximate surface area is 104 Å².